The van der Waals surface area contributed by atoms with E-state index in [-0.39, 0.29) is 17.1 Å². The van der Waals surface area contributed by atoms with Gasteiger partial charge in [0.05, 0.1) is 6.61 Å². The third-order valence-electron chi connectivity index (χ3n) is 4.05. The first-order chi connectivity index (χ1) is 12.8. The molecule has 0 fully saturated rings. The number of carbonyl (C=O) groups is 2. The number of esters is 1. The van der Waals surface area contributed by atoms with E-state index in [1.165, 1.54) is 24.3 Å². The molecule has 0 aliphatic rings. The monoisotopic (exact) mass is 381 g/mol. The van der Waals surface area contributed by atoms with Crippen LogP contribution >= 0.6 is 0 Å². The Morgan fingerprint density at radius 3 is 2.52 bits per heavy atom. The summed E-state index contributed by atoms with van der Waals surface area (Å²) in [6.45, 7) is 1.18. The van der Waals surface area contributed by atoms with E-state index in [0.29, 0.717) is 18.7 Å². The minimum Gasteiger partial charge on any atom is -0.454 e. The van der Waals surface area contributed by atoms with Crippen molar-refractivity contribution >= 4 is 11.8 Å². The maximum Gasteiger partial charge on any atom is 0.387 e. The molecule has 0 radical (unpaired) electrons. The SMILES string of the molecule is COCCn1c(C)cc(C(=O)COC(=O)c2ccccc2OC(F)F)c1C. The number of Topliss-reactive ketones (excluding diaryl/α,β-unsaturated/α-hetero) is 1. The predicted octanol–water partition coefficient (Wildman–Crippen LogP) is 3.39. The Morgan fingerprint density at radius 2 is 1.85 bits per heavy atom. The van der Waals surface area contributed by atoms with Crippen LogP contribution in [0.1, 0.15) is 32.1 Å². The molecule has 0 bridgehead atoms. The van der Waals surface area contributed by atoms with Crippen LogP contribution in [0, 0.1) is 13.8 Å². The molecule has 2 aromatic rings. The van der Waals surface area contributed by atoms with Crippen molar-refractivity contribution in [2.75, 3.05) is 20.3 Å². The zero-order chi connectivity index (χ0) is 20.0. The number of ketones is 1. The van der Waals surface area contributed by atoms with Crippen LogP contribution in [-0.4, -0.2) is 43.3 Å². The summed E-state index contributed by atoms with van der Waals surface area (Å²) >= 11 is 0. The van der Waals surface area contributed by atoms with Gasteiger partial charge in [0.25, 0.3) is 0 Å². The molecule has 1 heterocycles. The summed E-state index contributed by atoms with van der Waals surface area (Å²) in [5.74, 6) is -1.59. The summed E-state index contributed by atoms with van der Waals surface area (Å²) < 4.78 is 41.2. The number of halogens is 2. The first-order valence-corrected chi connectivity index (χ1v) is 8.25. The van der Waals surface area contributed by atoms with Crippen LogP contribution in [-0.2, 0) is 16.0 Å². The normalized spacial score (nSPS) is 10.9. The highest BCUT2D eigenvalue weighted by Crippen LogP contribution is 2.21. The highest BCUT2D eigenvalue weighted by molar-refractivity contribution is 6.01. The number of aromatic nitrogens is 1. The molecule has 0 unspecified atom stereocenters. The predicted molar refractivity (Wildman–Crippen MR) is 93.5 cm³/mol. The highest BCUT2D eigenvalue weighted by Gasteiger charge is 2.20. The zero-order valence-corrected chi connectivity index (χ0v) is 15.3. The lowest BCUT2D eigenvalue weighted by atomic mass is 10.1. The Kier molecular flexibility index (Phi) is 7.06. The van der Waals surface area contributed by atoms with E-state index in [1.807, 2.05) is 11.5 Å². The van der Waals surface area contributed by atoms with Gasteiger partial charge in [-0.3, -0.25) is 4.79 Å². The van der Waals surface area contributed by atoms with Crippen molar-refractivity contribution in [3.63, 3.8) is 0 Å². The van der Waals surface area contributed by atoms with Crippen molar-refractivity contribution in [1.82, 2.24) is 4.57 Å². The number of aryl methyl sites for hydroxylation is 1. The van der Waals surface area contributed by atoms with Crippen molar-refractivity contribution in [2.24, 2.45) is 0 Å². The molecule has 146 valence electrons. The quantitative estimate of drug-likeness (QED) is 0.492. The number of alkyl halides is 2. The zero-order valence-electron chi connectivity index (χ0n) is 15.3. The Balaban J connectivity index is 2.07. The van der Waals surface area contributed by atoms with Gasteiger partial charge in [-0.15, -0.1) is 0 Å². The van der Waals surface area contributed by atoms with Crippen LogP contribution in [0.15, 0.2) is 30.3 Å². The number of hydrogen-bond donors (Lipinski definition) is 0. The Morgan fingerprint density at radius 1 is 1.15 bits per heavy atom. The van der Waals surface area contributed by atoms with Gasteiger partial charge < -0.3 is 18.8 Å². The second-order valence-corrected chi connectivity index (χ2v) is 5.80. The van der Waals surface area contributed by atoms with Crippen molar-refractivity contribution in [1.29, 1.82) is 0 Å². The minimum absolute atomic E-state index is 0.170. The van der Waals surface area contributed by atoms with E-state index in [0.717, 1.165) is 11.4 Å². The molecule has 1 aromatic carbocycles. The molecule has 0 aliphatic carbocycles. The number of carbonyl (C=O) groups excluding carboxylic acids is 2. The number of benzene rings is 1. The fourth-order valence-corrected chi connectivity index (χ4v) is 2.73. The van der Waals surface area contributed by atoms with Crippen molar-refractivity contribution in [2.45, 2.75) is 27.0 Å². The largest absolute Gasteiger partial charge is 0.454 e. The fraction of sp³-hybridized carbons (Fsp3) is 0.368. The van der Waals surface area contributed by atoms with Crippen molar-refractivity contribution in [3.05, 3.63) is 52.8 Å². The smallest absolute Gasteiger partial charge is 0.387 e. The number of para-hydroxylation sites is 1. The van der Waals surface area contributed by atoms with Crippen LogP contribution in [0.2, 0.25) is 0 Å². The Bertz CT molecular complexity index is 816. The average Bonchev–Trinajstić information content (AvgIpc) is 2.91. The number of nitrogens with zero attached hydrogens (tertiary/aromatic N) is 1. The van der Waals surface area contributed by atoms with Crippen LogP contribution < -0.4 is 4.74 Å². The summed E-state index contributed by atoms with van der Waals surface area (Å²) in [6.07, 6.45) is 0. The summed E-state index contributed by atoms with van der Waals surface area (Å²) in [4.78, 5) is 24.6. The molecular formula is C19H21F2NO5. The second kappa shape index (κ2) is 9.27. The summed E-state index contributed by atoms with van der Waals surface area (Å²) in [6, 6.07) is 7.18. The van der Waals surface area contributed by atoms with Crippen LogP contribution in [0.3, 0.4) is 0 Å². The van der Waals surface area contributed by atoms with Gasteiger partial charge in [-0.25, -0.2) is 4.79 Å². The first kappa shape index (κ1) is 20.6. The number of methoxy groups -OCH3 is 1. The van der Waals surface area contributed by atoms with E-state index in [4.69, 9.17) is 9.47 Å². The highest BCUT2D eigenvalue weighted by atomic mass is 19.3. The maximum absolute atomic E-state index is 12.4. The van der Waals surface area contributed by atoms with Crippen molar-refractivity contribution in [3.8, 4) is 5.75 Å². The Hall–Kier alpha value is -2.74. The molecule has 8 heteroatoms. The molecule has 0 amide bonds. The van der Waals surface area contributed by atoms with Gasteiger partial charge in [-0.05, 0) is 32.0 Å². The third-order valence-corrected chi connectivity index (χ3v) is 4.05. The molecule has 0 N–H and O–H groups in total. The van der Waals surface area contributed by atoms with Gasteiger partial charge in [-0.2, -0.15) is 8.78 Å². The summed E-state index contributed by atoms with van der Waals surface area (Å²) in [5.41, 5.74) is 1.90. The molecule has 6 nitrogen and oxygen atoms in total. The van der Waals surface area contributed by atoms with Crippen LogP contribution in [0.4, 0.5) is 8.78 Å². The van der Waals surface area contributed by atoms with Gasteiger partial charge >= 0.3 is 12.6 Å². The molecule has 1 aromatic heterocycles. The topological polar surface area (TPSA) is 66.8 Å². The van der Waals surface area contributed by atoms with Gasteiger partial charge in [0, 0.05) is 30.6 Å². The molecule has 0 atom stereocenters. The standard InChI is InChI=1S/C19H21F2NO5/c1-12-10-15(13(2)22(12)8-9-25-3)16(23)11-26-18(24)14-6-4-5-7-17(14)27-19(20)21/h4-7,10,19H,8-9,11H2,1-3H3. The van der Waals surface area contributed by atoms with Crippen LogP contribution in [0.5, 0.6) is 5.75 Å². The number of hydrogen-bond acceptors (Lipinski definition) is 5. The summed E-state index contributed by atoms with van der Waals surface area (Å²) in [7, 11) is 1.59. The maximum atomic E-state index is 12.4. The number of ether oxygens (including phenoxy) is 3. The lowest BCUT2D eigenvalue weighted by Gasteiger charge is -2.10. The minimum atomic E-state index is -3.07. The molecule has 0 saturated heterocycles. The lowest BCUT2D eigenvalue weighted by Crippen LogP contribution is -2.16. The van der Waals surface area contributed by atoms with Crippen LogP contribution in [0.25, 0.3) is 0 Å². The van der Waals surface area contributed by atoms with Gasteiger partial charge in [0.2, 0.25) is 5.78 Å². The average molecular weight is 381 g/mol. The molecule has 27 heavy (non-hydrogen) atoms. The fourth-order valence-electron chi connectivity index (χ4n) is 2.73. The molecule has 0 spiro atoms. The Labute approximate surface area is 155 Å². The van der Waals surface area contributed by atoms with E-state index in [9.17, 15) is 18.4 Å². The van der Waals surface area contributed by atoms with E-state index < -0.39 is 19.2 Å². The molecule has 2 rings (SSSR count). The van der Waals surface area contributed by atoms with Gasteiger partial charge in [0.15, 0.2) is 6.61 Å². The second-order valence-electron chi connectivity index (χ2n) is 5.80. The molecule has 0 aliphatic heterocycles. The van der Waals surface area contributed by atoms with Gasteiger partial charge in [-0.1, -0.05) is 12.1 Å². The van der Waals surface area contributed by atoms with Crippen molar-refractivity contribution < 1.29 is 32.6 Å². The number of rotatable bonds is 9. The molecule has 0 saturated carbocycles. The van der Waals surface area contributed by atoms with E-state index >= 15 is 0 Å². The first-order valence-electron chi connectivity index (χ1n) is 8.25. The lowest BCUT2D eigenvalue weighted by molar-refractivity contribution is -0.0504. The van der Waals surface area contributed by atoms with E-state index in [2.05, 4.69) is 4.74 Å². The summed E-state index contributed by atoms with van der Waals surface area (Å²) in [5, 5.41) is 0. The van der Waals surface area contributed by atoms with E-state index in [1.54, 1.807) is 20.1 Å². The third kappa shape index (κ3) is 5.13. The van der Waals surface area contributed by atoms with Gasteiger partial charge in [0.1, 0.15) is 11.3 Å². The molecular weight excluding hydrogens is 360 g/mol.